The van der Waals surface area contributed by atoms with E-state index in [1.165, 1.54) is 18.5 Å². The molecule has 1 saturated heterocycles. The first-order valence-corrected chi connectivity index (χ1v) is 5.77. The van der Waals surface area contributed by atoms with Gasteiger partial charge in [0.05, 0.1) is 6.04 Å². The van der Waals surface area contributed by atoms with Crippen LogP contribution in [0.25, 0.3) is 5.69 Å². The second kappa shape index (κ2) is 4.10. The van der Waals surface area contributed by atoms with Crippen LogP contribution < -0.4 is 5.32 Å². The third-order valence-electron chi connectivity index (χ3n) is 3.08. The molecule has 0 radical (unpaired) electrons. The molecule has 1 atom stereocenters. The number of hydrogen-bond acceptors (Lipinski definition) is 2. The lowest BCUT2D eigenvalue weighted by molar-refractivity contribution is 0.595. The average Bonchev–Trinajstić information content (AvgIpc) is 3.01. The van der Waals surface area contributed by atoms with Gasteiger partial charge in [-0.15, -0.1) is 0 Å². The van der Waals surface area contributed by atoms with E-state index < -0.39 is 0 Å². The van der Waals surface area contributed by atoms with Crippen LogP contribution in [0.3, 0.4) is 0 Å². The van der Waals surface area contributed by atoms with Gasteiger partial charge in [0.1, 0.15) is 5.82 Å². The van der Waals surface area contributed by atoms with Crippen molar-refractivity contribution in [2.75, 3.05) is 6.54 Å². The van der Waals surface area contributed by atoms with E-state index in [-0.39, 0.29) is 0 Å². The number of imidazole rings is 1. The van der Waals surface area contributed by atoms with Gasteiger partial charge in [0, 0.05) is 18.1 Å². The summed E-state index contributed by atoms with van der Waals surface area (Å²) >= 11 is 0. The van der Waals surface area contributed by atoms with Crippen LogP contribution in [0.2, 0.25) is 0 Å². The molecule has 1 fully saturated rings. The number of benzene rings is 1. The van der Waals surface area contributed by atoms with Crippen molar-refractivity contribution in [3.8, 4) is 5.69 Å². The van der Waals surface area contributed by atoms with Gasteiger partial charge in [-0.05, 0) is 31.5 Å². The first-order valence-electron chi connectivity index (χ1n) is 5.77. The van der Waals surface area contributed by atoms with Crippen molar-refractivity contribution in [1.29, 1.82) is 0 Å². The van der Waals surface area contributed by atoms with Gasteiger partial charge in [-0.2, -0.15) is 0 Å². The minimum absolute atomic E-state index is 0.412. The highest BCUT2D eigenvalue weighted by atomic mass is 15.1. The molecule has 0 amide bonds. The van der Waals surface area contributed by atoms with Gasteiger partial charge in [0.15, 0.2) is 0 Å². The molecule has 1 unspecified atom stereocenters. The van der Waals surface area contributed by atoms with Crippen molar-refractivity contribution in [2.45, 2.75) is 18.9 Å². The minimum atomic E-state index is 0.412. The third-order valence-corrected chi connectivity index (χ3v) is 3.08. The summed E-state index contributed by atoms with van der Waals surface area (Å²) in [6, 6.07) is 10.8. The monoisotopic (exact) mass is 213 g/mol. The van der Waals surface area contributed by atoms with Crippen molar-refractivity contribution >= 4 is 0 Å². The fraction of sp³-hybridized carbons (Fsp3) is 0.308. The van der Waals surface area contributed by atoms with Crippen molar-refractivity contribution < 1.29 is 0 Å². The molecule has 0 spiro atoms. The molecule has 1 aliphatic heterocycles. The van der Waals surface area contributed by atoms with E-state index in [1.54, 1.807) is 0 Å². The SMILES string of the molecule is c1ccc(-n2ccnc2C2CCCN2)cc1. The third kappa shape index (κ3) is 1.63. The molecule has 3 rings (SSSR count). The summed E-state index contributed by atoms with van der Waals surface area (Å²) in [5, 5.41) is 3.49. The summed E-state index contributed by atoms with van der Waals surface area (Å²) in [5.41, 5.74) is 1.18. The average molecular weight is 213 g/mol. The maximum absolute atomic E-state index is 4.48. The Kier molecular flexibility index (Phi) is 2.46. The van der Waals surface area contributed by atoms with E-state index in [2.05, 4.69) is 39.1 Å². The molecule has 1 aromatic heterocycles. The summed E-state index contributed by atoms with van der Waals surface area (Å²) < 4.78 is 2.17. The van der Waals surface area contributed by atoms with Gasteiger partial charge in [0.25, 0.3) is 0 Å². The smallest absolute Gasteiger partial charge is 0.130 e. The van der Waals surface area contributed by atoms with Crippen molar-refractivity contribution in [3.63, 3.8) is 0 Å². The van der Waals surface area contributed by atoms with Gasteiger partial charge >= 0.3 is 0 Å². The maximum Gasteiger partial charge on any atom is 0.130 e. The first-order chi connectivity index (χ1) is 7.95. The molecule has 0 aliphatic carbocycles. The van der Waals surface area contributed by atoms with Crippen LogP contribution >= 0.6 is 0 Å². The van der Waals surface area contributed by atoms with Crippen LogP contribution in [0, 0.1) is 0 Å². The summed E-state index contributed by atoms with van der Waals surface area (Å²) in [6.45, 7) is 1.10. The second-order valence-corrected chi connectivity index (χ2v) is 4.14. The first kappa shape index (κ1) is 9.60. The number of hydrogen-bond donors (Lipinski definition) is 1. The Morgan fingerprint density at radius 2 is 2.12 bits per heavy atom. The molecular formula is C13H15N3. The molecule has 1 N–H and O–H groups in total. The standard InChI is InChI=1S/C13H15N3/c1-2-5-11(6-3-1)16-10-9-15-13(16)12-7-4-8-14-12/h1-3,5-6,9-10,12,14H,4,7-8H2. The molecule has 0 saturated carbocycles. The van der Waals surface area contributed by atoms with Gasteiger partial charge in [-0.25, -0.2) is 4.98 Å². The number of aromatic nitrogens is 2. The molecule has 1 aromatic carbocycles. The van der Waals surface area contributed by atoms with E-state index in [1.807, 2.05) is 18.5 Å². The van der Waals surface area contributed by atoms with Gasteiger partial charge < -0.3 is 9.88 Å². The molecule has 2 aromatic rings. The van der Waals surface area contributed by atoms with Crippen LogP contribution in [0.4, 0.5) is 0 Å². The lowest BCUT2D eigenvalue weighted by Crippen LogP contribution is -2.17. The molecule has 16 heavy (non-hydrogen) atoms. The Morgan fingerprint density at radius 1 is 1.25 bits per heavy atom. The zero-order valence-electron chi connectivity index (χ0n) is 9.13. The zero-order valence-corrected chi connectivity index (χ0v) is 9.13. The van der Waals surface area contributed by atoms with Crippen molar-refractivity contribution in [1.82, 2.24) is 14.9 Å². The Bertz CT molecular complexity index is 455. The Morgan fingerprint density at radius 3 is 2.88 bits per heavy atom. The lowest BCUT2D eigenvalue weighted by atomic mass is 10.2. The zero-order chi connectivity index (χ0) is 10.8. The molecule has 3 nitrogen and oxygen atoms in total. The minimum Gasteiger partial charge on any atom is -0.307 e. The number of para-hydroxylation sites is 1. The highest BCUT2D eigenvalue weighted by Crippen LogP contribution is 2.23. The Labute approximate surface area is 95.1 Å². The second-order valence-electron chi connectivity index (χ2n) is 4.14. The van der Waals surface area contributed by atoms with Gasteiger partial charge in [-0.3, -0.25) is 0 Å². The van der Waals surface area contributed by atoms with E-state index in [9.17, 15) is 0 Å². The molecule has 1 aliphatic rings. The molecule has 3 heteroatoms. The summed E-state index contributed by atoms with van der Waals surface area (Å²) in [6.07, 6.45) is 6.34. The van der Waals surface area contributed by atoms with Gasteiger partial charge in [-0.1, -0.05) is 18.2 Å². The van der Waals surface area contributed by atoms with Crippen LogP contribution in [0.15, 0.2) is 42.7 Å². The fourth-order valence-corrected chi connectivity index (χ4v) is 2.28. The normalized spacial score (nSPS) is 20.1. The number of nitrogens with zero attached hydrogens (tertiary/aromatic N) is 2. The van der Waals surface area contributed by atoms with Crippen molar-refractivity contribution in [2.24, 2.45) is 0 Å². The largest absolute Gasteiger partial charge is 0.307 e. The quantitative estimate of drug-likeness (QED) is 0.829. The van der Waals surface area contributed by atoms with E-state index in [0.717, 1.165) is 12.4 Å². The van der Waals surface area contributed by atoms with Gasteiger partial charge in [0.2, 0.25) is 0 Å². The van der Waals surface area contributed by atoms with E-state index in [0.29, 0.717) is 6.04 Å². The lowest BCUT2D eigenvalue weighted by Gasteiger charge is -2.13. The predicted octanol–water partition coefficient (Wildman–Crippen LogP) is 2.30. The molecule has 2 heterocycles. The van der Waals surface area contributed by atoms with Crippen LogP contribution in [-0.4, -0.2) is 16.1 Å². The summed E-state index contributed by atoms with van der Waals surface area (Å²) in [4.78, 5) is 4.48. The van der Waals surface area contributed by atoms with E-state index in [4.69, 9.17) is 0 Å². The van der Waals surface area contributed by atoms with Crippen LogP contribution in [-0.2, 0) is 0 Å². The van der Waals surface area contributed by atoms with E-state index >= 15 is 0 Å². The fourth-order valence-electron chi connectivity index (χ4n) is 2.28. The highest BCUT2D eigenvalue weighted by Gasteiger charge is 2.20. The van der Waals surface area contributed by atoms with Crippen LogP contribution in [0.5, 0.6) is 0 Å². The molecular weight excluding hydrogens is 198 g/mol. The Hall–Kier alpha value is -1.61. The number of rotatable bonds is 2. The number of nitrogens with one attached hydrogen (secondary N) is 1. The molecule has 0 bridgehead atoms. The highest BCUT2D eigenvalue weighted by molar-refractivity contribution is 5.33. The van der Waals surface area contributed by atoms with Crippen molar-refractivity contribution in [3.05, 3.63) is 48.5 Å². The summed E-state index contributed by atoms with van der Waals surface area (Å²) in [5.74, 6) is 1.13. The Balaban J connectivity index is 1.99. The topological polar surface area (TPSA) is 29.9 Å². The molecule has 82 valence electrons. The van der Waals surface area contributed by atoms with Crippen LogP contribution in [0.1, 0.15) is 24.7 Å². The maximum atomic E-state index is 4.48. The summed E-state index contributed by atoms with van der Waals surface area (Å²) in [7, 11) is 0. The predicted molar refractivity (Wildman–Crippen MR) is 63.5 cm³/mol.